The number of nitrogens with zero attached hydrogens (tertiary/aromatic N) is 3. The number of hydrogen-bond donors (Lipinski definition) is 3. The van der Waals surface area contributed by atoms with Gasteiger partial charge in [0.2, 0.25) is 0 Å². The smallest absolute Gasteiger partial charge is 0.317 e. The van der Waals surface area contributed by atoms with E-state index in [0.717, 1.165) is 0 Å². The van der Waals surface area contributed by atoms with Gasteiger partial charge in [0, 0.05) is 39.3 Å². The third-order valence-electron chi connectivity index (χ3n) is 3.12. The predicted octanol–water partition coefficient (Wildman–Crippen LogP) is -1.97. The van der Waals surface area contributed by atoms with E-state index in [-0.39, 0.29) is 19.8 Å². The molecule has 1 aliphatic heterocycles. The van der Waals surface area contributed by atoms with E-state index in [1.807, 2.05) is 0 Å². The summed E-state index contributed by atoms with van der Waals surface area (Å²) in [4.78, 5) is 26.8. The number of carboxylic acid groups (broad SMARTS) is 2. The molecular formula is C11H21N3O5. The zero-order chi connectivity index (χ0) is 14.3. The molecule has 0 atom stereocenters. The predicted molar refractivity (Wildman–Crippen MR) is 66.8 cm³/mol. The van der Waals surface area contributed by atoms with E-state index in [4.69, 9.17) is 10.2 Å². The number of aliphatic carboxylic acids is 2. The molecule has 1 rings (SSSR count). The lowest BCUT2D eigenvalue weighted by molar-refractivity contribution is -0.140. The highest BCUT2D eigenvalue weighted by molar-refractivity contribution is 5.69. The Labute approximate surface area is 111 Å². The highest BCUT2D eigenvalue weighted by Gasteiger charge is 2.18. The quantitative estimate of drug-likeness (QED) is 0.530. The molecule has 19 heavy (non-hydrogen) atoms. The molecule has 0 aromatic heterocycles. The lowest BCUT2D eigenvalue weighted by Crippen LogP contribution is -2.40. The first-order chi connectivity index (χ1) is 9.01. The summed E-state index contributed by atoms with van der Waals surface area (Å²) in [6.45, 7) is 3.02. The largest absolute Gasteiger partial charge is 0.480 e. The summed E-state index contributed by atoms with van der Waals surface area (Å²) in [6.07, 6.45) is 0. The van der Waals surface area contributed by atoms with Crippen LogP contribution in [0, 0.1) is 0 Å². The maximum absolute atomic E-state index is 10.7. The molecule has 1 fully saturated rings. The third kappa shape index (κ3) is 6.48. The summed E-state index contributed by atoms with van der Waals surface area (Å²) in [6, 6.07) is 0. The van der Waals surface area contributed by atoms with Gasteiger partial charge in [-0.2, -0.15) is 0 Å². The Morgan fingerprint density at radius 1 is 0.737 bits per heavy atom. The van der Waals surface area contributed by atoms with Crippen LogP contribution in [-0.4, -0.2) is 101 Å². The number of aliphatic hydroxyl groups is 1. The Hall–Kier alpha value is -1.22. The summed E-state index contributed by atoms with van der Waals surface area (Å²) in [5.74, 6) is -1.81. The number of carbonyl (C=O) groups is 2. The van der Waals surface area contributed by atoms with Gasteiger partial charge in [0.05, 0.1) is 19.8 Å². The monoisotopic (exact) mass is 275 g/mol. The highest BCUT2D eigenvalue weighted by Crippen LogP contribution is 2.00. The topological polar surface area (TPSA) is 105 Å². The van der Waals surface area contributed by atoms with E-state index < -0.39 is 11.9 Å². The number of rotatable bonds is 5. The van der Waals surface area contributed by atoms with Crippen molar-refractivity contribution in [1.82, 2.24) is 14.7 Å². The van der Waals surface area contributed by atoms with Gasteiger partial charge in [-0.05, 0) is 0 Å². The van der Waals surface area contributed by atoms with E-state index in [1.165, 1.54) is 0 Å². The summed E-state index contributed by atoms with van der Waals surface area (Å²) >= 11 is 0. The molecule has 0 unspecified atom stereocenters. The average molecular weight is 275 g/mol. The molecule has 0 bridgehead atoms. The fourth-order valence-electron chi connectivity index (χ4n) is 2.02. The molecule has 0 aromatic carbocycles. The van der Waals surface area contributed by atoms with Crippen LogP contribution in [0.5, 0.6) is 0 Å². The Morgan fingerprint density at radius 3 is 1.32 bits per heavy atom. The second kappa shape index (κ2) is 8.05. The Bertz CT molecular complexity index is 285. The van der Waals surface area contributed by atoms with E-state index in [0.29, 0.717) is 39.3 Å². The van der Waals surface area contributed by atoms with Crippen LogP contribution in [0.25, 0.3) is 0 Å². The van der Waals surface area contributed by atoms with Gasteiger partial charge < -0.3 is 15.3 Å². The average Bonchev–Trinajstić information content (AvgIpc) is 2.41. The molecule has 0 saturated carbocycles. The number of aliphatic hydroxyl groups excluding tert-OH is 1. The van der Waals surface area contributed by atoms with Crippen LogP contribution < -0.4 is 0 Å². The Balaban J connectivity index is 2.60. The van der Waals surface area contributed by atoms with Crippen molar-refractivity contribution in [3.05, 3.63) is 0 Å². The lowest BCUT2D eigenvalue weighted by atomic mass is 10.4. The molecule has 1 heterocycles. The minimum Gasteiger partial charge on any atom is -0.480 e. The summed E-state index contributed by atoms with van der Waals surface area (Å²) in [7, 11) is 0. The normalized spacial score (nSPS) is 20.5. The zero-order valence-corrected chi connectivity index (χ0v) is 10.9. The first kappa shape index (κ1) is 15.8. The van der Waals surface area contributed by atoms with Crippen LogP contribution in [0.3, 0.4) is 0 Å². The van der Waals surface area contributed by atoms with Crippen molar-refractivity contribution in [2.75, 3.05) is 59.1 Å². The second-order valence-electron chi connectivity index (χ2n) is 4.60. The lowest BCUT2D eigenvalue weighted by Gasteiger charge is -2.23. The van der Waals surface area contributed by atoms with Gasteiger partial charge >= 0.3 is 11.9 Å². The van der Waals surface area contributed by atoms with Gasteiger partial charge in [-0.3, -0.25) is 24.3 Å². The van der Waals surface area contributed by atoms with Gasteiger partial charge in [0.15, 0.2) is 0 Å². The van der Waals surface area contributed by atoms with E-state index in [9.17, 15) is 14.7 Å². The van der Waals surface area contributed by atoms with Crippen LogP contribution in [-0.2, 0) is 9.59 Å². The molecule has 0 spiro atoms. The minimum atomic E-state index is -0.903. The van der Waals surface area contributed by atoms with Crippen molar-refractivity contribution < 1.29 is 24.9 Å². The molecule has 110 valence electrons. The molecule has 8 heteroatoms. The fraction of sp³-hybridized carbons (Fsp3) is 0.818. The van der Waals surface area contributed by atoms with Gasteiger partial charge in [0.1, 0.15) is 0 Å². The van der Waals surface area contributed by atoms with Gasteiger partial charge in [-0.25, -0.2) is 0 Å². The van der Waals surface area contributed by atoms with Crippen molar-refractivity contribution in [2.24, 2.45) is 0 Å². The molecule has 3 N–H and O–H groups in total. The number of hydrogen-bond acceptors (Lipinski definition) is 6. The van der Waals surface area contributed by atoms with Crippen molar-refractivity contribution in [3.8, 4) is 0 Å². The standard InChI is InChI=1S/C11H21N3O5/c15-9-14-5-3-12(7-10(16)17)1-2-13(4-6-14)8-11(18)19/h15H,1-9H2,(H,16,17)(H,18,19). The fourth-order valence-corrected chi connectivity index (χ4v) is 2.02. The zero-order valence-electron chi connectivity index (χ0n) is 10.9. The first-order valence-electron chi connectivity index (χ1n) is 6.22. The van der Waals surface area contributed by atoms with E-state index >= 15 is 0 Å². The van der Waals surface area contributed by atoms with Crippen LogP contribution in [0.2, 0.25) is 0 Å². The van der Waals surface area contributed by atoms with Crippen LogP contribution >= 0.6 is 0 Å². The third-order valence-corrected chi connectivity index (χ3v) is 3.12. The second-order valence-corrected chi connectivity index (χ2v) is 4.60. The van der Waals surface area contributed by atoms with Gasteiger partial charge in [0.25, 0.3) is 0 Å². The summed E-state index contributed by atoms with van der Waals surface area (Å²) in [5.41, 5.74) is 0. The molecule has 0 radical (unpaired) electrons. The van der Waals surface area contributed by atoms with Crippen LogP contribution in [0.1, 0.15) is 0 Å². The number of carboxylic acids is 2. The SMILES string of the molecule is O=C(O)CN1CCN(CO)CCN(CC(=O)O)CC1. The van der Waals surface area contributed by atoms with Crippen molar-refractivity contribution in [2.45, 2.75) is 0 Å². The van der Waals surface area contributed by atoms with Gasteiger partial charge in [-0.1, -0.05) is 0 Å². The molecular weight excluding hydrogens is 254 g/mol. The van der Waals surface area contributed by atoms with Crippen LogP contribution in [0.4, 0.5) is 0 Å². The summed E-state index contributed by atoms with van der Waals surface area (Å²) < 4.78 is 0. The molecule has 1 saturated heterocycles. The first-order valence-corrected chi connectivity index (χ1v) is 6.22. The van der Waals surface area contributed by atoms with Gasteiger partial charge in [-0.15, -0.1) is 0 Å². The molecule has 0 aliphatic carbocycles. The Morgan fingerprint density at radius 2 is 1.05 bits per heavy atom. The molecule has 0 aromatic rings. The summed E-state index contributed by atoms with van der Waals surface area (Å²) in [5, 5.41) is 26.8. The van der Waals surface area contributed by atoms with Crippen molar-refractivity contribution >= 4 is 11.9 Å². The maximum Gasteiger partial charge on any atom is 0.317 e. The minimum absolute atomic E-state index is 0.0693. The molecule has 8 nitrogen and oxygen atoms in total. The maximum atomic E-state index is 10.7. The highest BCUT2D eigenvalue weighted by atomic mass is 16.4. The van der Waals surface area contributed by atoms with E-state index in [2.05, 4.69) is 0 Å². The molecule has 1 aliphatic rings. The van der Waals surface area contributed by atoms with Crippen molar-refractivity contribution in [1.29, 1.82) is 0 Å². The van der Waals surface area contributed by atoms with Crippen LogP contribution in [0.15, 0.2) is 0 Å². The Kier molecular flexibility index (Phi) is 6.71. The van der Waals surface area contributed by atoms with E-state index in [1.54, 1.807) is 14.7 Å². The molecule has 0 amide bonds. The van der Waals surface area contributed by atoms with Crippen molar-refractivity contribution in [3.63, 3.8) is 0 Å².